The van der Waals surface area contributed by atoms with E-state index in [-0.39, 0.29) is 5.92 Å². The summed E-state index contributed by atoms with van der Waals surface area (Å²) >= 11 is 6.15. The first-order valence-electron chi connectivity index (χ1n) is 13.8. The second-order valence-electron chi connectivity index (χ2n) is 10.4. The summed E-state index contributed by atoms with van der Waals surface area (Å²) in [5.41, 5.74) is 8.27. The van der Waals surface area contributed by atoms with E-state index in [9.17, 15) is 0 Å². The van der Waals surface area contributed by atoms with E-state index < -0.39 is 0 Å². The molecule has 2 atom stereocenters. The number of hydrogen-bond donors (Lipinski definition) is 1. The lowest BCUT2D eigenvalue weighted by molar-refractivity contribution is 0.225. The molecule has 5 rings (SSSR count). The Balaban J connectivity index is 1.29. The third-order valence-electron chi connectivity index (χ3n) is 7.83. The molecule has 5 heteroatoms. The maximum Gasteiger partial charge on any atom is 0.227 e. The van der Waals surface area contributed by atoms with Crippen LogP contribution in [0.5, 0.6) is 0 Å². The van der Waals surface area contributed by atoms with E-state index in [0.717, 1.165) is 35.8 Å². The normalized spacial score (nSPS) is 15.1. The summed E-state index contributed by atoms with van der Waals surface area (Å²) in [6.45, 7) is 5.64. The average molecular weight is 525 g/mol. The number of hydrogen-bond acceptors (Lipinski definition) is 4. The van der Waals surface area contributed by atoms with Crippen molar-refractivity contribution >= 4 is 23.2 Å². The fourth-order valence-electron chi connectivity index (χ4n) is 5.63. The van der Waals surface area contributed by atoms with E-state index in [1.807, 2.05) is 18.3 Å². The van der Waals surface area contributed by atoms with Crippen LogP contribution in [0.3, 0.4) is 0 Å². The molecule has 4 aromatic rings. The molecule has 0 saturated carbocycles. The van der Waals surface area contributed by atoms with Crippen LogP contribution in [0.1, 0.15) is 61.3 Å². The van der Waals surface area contributed by atoms with Gasteiger partial charge in [0.25, 0.3) is 0 Å². The highest BCUT2D eigenvalue weighted by molar-refractivity contribution is 6.30. The third kappa shape index (κ3) is 5.92. The van der Waals surface area contributed by atoms with Crippen LogP contribution in [0.15, 0.2) is 79.0 Å². The number of nitrogens with zero attached hydrogens (tertiary/aromatic N) is 3. The summed E-state index contributed by atoms with van der Waals surface area (Å²) < 4.78 is 0. The lowest BCUT2D eigenvalue weighted by Crippen LogP contribution is -2.32. The Morgan fingerprint density at radius 2 is 1.76 bits per heavy atom. The number of rotatable bonds is 10. The lowest BCUT2D eigenvalue weighted by atomic mass is 9.78. The van der Waals surface area contributed by atoms with Crippen molar-refractivity contribution in [2.75, 3.05) is 18.9 Å². The molecule has 4 nitrogen and oxygen atoms in total. The Labute approximate surface area is 232 Å². The second kappa shape index (κ2) is 12.1. The molecule has 0 fully saturated rings. The summed E-state index contributed by atoms with van der Waals surface area (Å²) in [6, 6.07) is 26.1. The third-order valence-corrected chi connectivity index (χ3v) is 8.08. The first-order valence-corrected chi connectivity index (χ1v) is 14.2. The highest BCUT2D eigenvalue weighted by Crippen LogP contribution is 2.42. The molecule has 3 aromatic carbocycles. The van der Waals surface area contributed by atoms with Crippen molar-refractivity contribution in [3.05, 3.63) is 106 Å². The van der Waals surface area contributed by atoms with Crippen LogP contribution in [0.4, 0.5) is 11.6 Å². The molecule has 1 heterocycles. The van der Waals surface area contributed by atoms with Gasteiger partial charge in [0.05, 0.1) is 5.69 Å². The first kappa shape index (κ1) is 26.4. The molecule has 1 aliphatic rings. The van der Waals surface area contributed by atoms with Crippen molar-refractivity contribution in [3.63, 3.8) is 0 Å². The number of aromatic nitrogens is 2. The molecule has 1 aliphatic carbocycles. The molecule has 0 saturated heterocycles. The Morgan fingerprint density at radius 1 is 1.00 bits per heavy atom. The number of halogens is 1. The summed E-state index contributed by atoms with van der Waals surface area (Å²) in [5.74, 6) is 0.890. The maximum atomic E-state index is 6.15. The van der Waals surface area contributed by atoms with E-state index in [0.29, 0.717) is 12.0 Å². The highest BCUT2D eigenvalue weighted by atomic mass is 35.5. The quantitative estimate of drug-likeness (QED) is 0.226. The predicted octanol–water partition coefficient (Wildman–Crippen LogP) is 8.28. The molecule has 38 heavy (non-hydrogen) atoms. The Morgan fingerprint density at radius 3 is 2.50 bits per heavy atom. The van der Waals surface area contributed by atoms with Crippen LogP contribution < -0.4 is 5.32 Å². The molecule has 0 bridgehead atoms. The van der Waals surface area contributed by atoms with Gasteiger partial charge in [0, 0.05) is 41.0 Å². The van der Waals surface area contributed by atoms with E-state index in [2.05, 4.69) is 96.8 Å². The zero-order valence-corrected chi connectivity index (χ0v) is 23.4. The SMILES string of the molecule is CCCC(CC)N(C)CCc1ccc(Nc2ncc3c(n2)-c2ccccc2C(c2ccc(Cl)cc2)C3)cc1. The molecule has 2 unspecified atom stereocenters. The summed E-state index contributed by atoms with van der Waals surface area (Å²) in [4.78, 5) is 12.2. The number of likely N-dealkylation sites (N-methyl/N-ethyl adjacent to an activating group) is 1. The van der Waals surface area contributed by atoms with E-state index in [1.54, 1.807) is 0 Å². The first-order chi connectivity index (χ1) is 18.6. The Bertz CT molecular complexity index is 1350. The maximum absolute atomic E-state index is 6.15. The van der Waals surface area contributed by atoms with E-state index in [1.165, 1.54) is 47.1 Å². The van der Waals surface area contributed by atoms with Gasteiger partial charge in [-0.3, -0.25) is 0 Å². The zero-order valence-electron chi connectivity index (χ0n) is 22.6. The minimum absolute atomic E-state index is 0.263. The number of nitrogens with one attached hydrogen (secondary N) is 1. The van der Waals surface area contributed by atoms with Gasteiger partial charge in [0.15, 0.2) is 0 Å². The monoisotopic (exact) mass is 524 g/mol. The summed E-state index contributed by atoms with van der Waals surface area (Å²) in [7, 11) is 2.25. The van der Waals surface area contributed by atoms with Crippen molar-refractivity contribution in [1.29, 1.82) is 0 Å². The van der Waals surface area contributed by atoms with E-state index >= 15 is 0 Å². The molecular formula is C33H37ClN4. The van der Waals surface area contributed by atoms with Crippen LogP contribution in [0.2, 0.25) is 5.02 Å². The van der Waals surface area contributed by atoms with Gasteiger partial charge >= 0.3 is 0 Å². The van der Waals surface area contributed by atoms with Gasteiger partial charge in [-0.25, -0.2) is 9.97 Å². The fourth-order valence-corrected chi connectivity index (χ4v) is 5.76. The minimum atomic E-state index is 0.263. The molecule has 1 N–H and O–H groups in total. The van der Waals surface area contributed by atoms with Crippen LogP contribution >= 0.6 is 11.6 Å². The number of fused-ring (bicyclic) bond motifs is 3. The molecule has 0 spiro atoms. The van der Waals surface area contributed by atoms with Gasteiger partial charge in [0.2, 0.25) is 5.95 Å². The van der Waals surface area contributed by atoms with Crippen molar-refractivity contribution in [2.45, 2.75) is 57.9 Å². The zero-order chi connectivity index (χ0) is 26.5. The second-order valence-corrected chi connectivity index (χ2v) is 10.8. The van der Waals surface area contributed by atoms with Gasteiger partial charge in [-0.2, -0.15) is 0 Å². The molecule has 0 radical (unpaired) electrons. The van der Waals surface area contributed by atoms with E-state index in [4.69, 9.17) is 16.6 Å². The Hall–Kier alpha value is -3.21. The van der Waals surface area contributed by atoms with Crippen molar-refractivity contribution in [3.8, 4) is 11.3 Å². The lowest BCUT2D eigenvalue weighted by Gasteiger charge is -2.27. The molecule has 0 aliphatic heterocycles. The van der Waals surface area contributed by atoms with Crippen LogP contribution in [0.25, 0.3) is 11.3 Å². The van der Waals surface area contributed by atoms with Gasteiger partial charge in [-0.15, -0.1) is 0 Å². The number of anilines is 2. The van der Waals surface area contributed by atoms with Crippen molar-refractivity contribution in [1.82, 2.24) is 14.9 Å². The van der Waals surface area contributed by atoms with Gasteiger partial charge in [-0.1, -0.05) is 80.4 Å². The van der Waals surface area contributed by atoms with Crippen molar-refractivity contribution < 1.29 is 0 Å². The summed E-state index contributed by atoms with van der Waals surface area (Å²) in [5, 5.41) is 4.18. The largest absolute Gasteiger partial charge is 0.324 e. The minimum Gasteiger partial charge on any atom is -0.324 e. The standard InChI is InChI=1S/C33H37ClN4/c1-4-8-28(5-2)38(3)20-19-23-11-17-27(18-12-23)36-33-35-22-25-21-31(24-13-15-26(34)16-14-24)29-9-6-7-10-30(29)32(25)37-33/h6-7,9-18,22,28,31H,4-5,8,19-21H2,1-3H3,(H,35,36,37). The van der Waals surface area contributed by atoms with Crippen LogP contribution in [0, 0.1) is 0 Å². The molecular weight excluding hydrogens is 488 g/mol. The van der Waals surface area contributed by atoms with Gasteiger partial charge in [-0.05, 0) is 79.3 Å². The van der Waals surface area contributed by atoms with Crippen LogP contribution in [-0.2, 0) is 12.8 Å². The van der Waals surface area contributed by atoms with Gasteiger partial charge < -0.3 is 10.2 Å². The topological polar surface area (TPSA) is 41.0 Å². The van der Waals surface area contributed by atoms with Crippen LogP contribution in [-0.4, -0.2) is 34.5 Å². The molecule has 1 aromatic heterocycles. The molecule has 196 valence electrons. The average Bonchev–Trinajstić information content (AvgIpc) is 2.95. The predicted molar refractivity (Wildman–Crippen MR) is 160 cm³/mol. The van der Waals surface area contributed by atoms with Gasteiger partial charge in [0.1, 0.15) is 0 Å². The summed E-state index contributed by atoms with van der Waals surface area (Å²) in [6.07, 6.45) is 7.62. The van der Waals surface area contributed by atoms with Crippen molar-refractivity contribution in [2.24, 2.45) is 0 Å². The highest BCUT2D eigenvalue weighted by Gasteiger charge is 2.27. The molecule has 0 amide bonds. The smallest absolute Gasteiger partial charge is 0.227 e. The number of benzene rings is 3. The Kier molecular flexibility index (Phi) is 8.41. The fraction of sp³-hybridized carbons (Fsp3) is 0.333.